The molecular weight excluding hydrogens is 389 g/mol. The fourth-order valence-corrected chi connectivity index (χ4v) is 4.45. The van der Waals surface area contributed by atoms with E-state index in [1.165, 1.54) is 10.6 Å². The Labute approximate surface area is 171 Å². The number of carbonyl (C=O) groups excluding carboxylic acids is 1. The van der Waals surface area contributed by atoms with Gasteiger partial charge in [-0.05, 0) is 37.8 Å². The summed E-state index contributed by atoms with van der Waals surface area (Å²) in [6, 6.07) is 3.19. The van der Waals surface area contributed by atoms with Crippen LogP contribution in [0.4, 0.5) is 16.0 Å². The average molecular weight is 409 g/mol. The molecule has 1 saturated carbocycles. The number of anilines is 2. The van der Waals surface area contributed by atoms with Gasteiger partial charge in [0.05, 0.1) is 17.8 Å². The molecule has 1 amide bonds. The van der Waals surface area contributed by atoms with Crippen LogP contribution in [-0.4, -0.2) is 44.2 Å². The van der Waals surface area contributed by atoms with E-state index in [4.69, 9.17) is 15.5 Å². The summed E-state index contributed by atoms with van der Waals surface area (Å²) in [5.41, 5.74) is 6.94. The normalized spacial score (nSPS) is 22.0. The lowest BCUT2D eigenvalue weighted by molar-refractivity contribution is 0.0914. The van der Waals surface area contributed by atoms with Gasteiger partial charge in [0.15, 0.2) is 11.5 Å². The maximum Gasteiger partial charge on any atom is 0.259 e. The maximum absolute atomic E-state index is 14.1. The van der Waals surface area contributed by atoms with Crippen LogP contribution >= 0.6 is 0 Å². The van der Waals surface area contributed by atoms with Gasteiger partial charge in [-0.2, -0.15) is 0 Å². The molecule has 3 aliphatic rings. The minimum absolute atomic E-state index is 0.124. The van der Waals surface area contributed by atoms with Crippen molar-refractivity contribution in [3.8, 4) is 5.88 Å². The SMILES string of the molecule is Nc1nn2ccc3nc2c1C(=O)NC1(CC1)COc1ncc(F)cc1[C@H]1CCCN31. The largest absolute Gasteiger partial charge is 0.475 e. The van der Waals surface area contributed by atoms with Crippen molar-refractivity contribution in [1.29, 1.82) is 0 Å². The second kappa shape index (κ2) is 6.04. The van der Waals surface area contributed by atoms with Crippen molar-refractivity contribution in [2.75, 3.05) is 23.8 Å². The second-order valence-corrected chi connectivity index (χ2v) is 8.24. The second-order valence-electron chi connectivity index (χ2n) is 8.24. The molecule has 10 heteroatoms. The molecule has 9 nitrogen and oxygen atoms in total. The van der Waals surface area contributed by atoms with E-state index in [1.807, 2.05) is 6.07 Å². The molecule has 3 aromatic heterocycles. The van der Waals surface area contributed by atoms with Gasteiger partial charge in [0.1, 0.15) is 23.8 Å². The summed E-state index contributed by atoms with van der Waals surface area (Å²) in [7, 11) is 0. The number of aromatic nitrogens is 4. The number of rotatable bonds is 0. The first-order chi connectivity index (χ1) is 14.5. The van der Waals surface area contributed by atoms with E-state index in [1.54, 1.807) is 6.20 Å². The quantitative estimate of drug-likeness (QED) is 0.583. The molecule has 1 spiro atoms. The van der Waals surface area contributed by atoms with Crippen LogP contribution in [-0.2, 0) is 0 Å². The number of nitrogens with two attached hydrogens (primary N) is 1. The first-order valence-corrected chi connectivity index (χ1v) is 10.1. The van der Waals surface area contributed by atoms with Crippen molar-refractivity contribution in [3.63, 3.8) is 0 Å². The highest BCUT2D eigenvalue weighted by molar-refractivity contribution is 6.04. The Bertz CT molecular complexity index is 1190. The third-order valence-electron chi connectivity index (χ3n) is 6.19. The number of fused-ring (bicyclic) bond motifs is 5. The van der Waals surface area contributed by atoms with Crippen molar-refractivity contribution in [3.05, 3.63) is 41.5 Å². The highest BCUT2D eigenvalue weighted by atomic mass is 19.1. The molecule has 0 radical (unpaired) electrons. The van der Waals surface area contributed by atoms with Gasteiger partial charge in [-0.15, -0.1) is 5.10 Å². The van der Waals surface area contributed by atoms with Crippen LogP contribution in [0.5, 0.6) is 5.88 Å². The molecule has 30 heavy (non-hydrogen) atoms. The van der Waals surface area contributed by atoms with Crippen LogP contribution in [0.3, 0.4) is 0 Å². The molecule has 2 bridgehead atoms. The molecule has 3 aromatic rings. The highest BCUT2D eigenvalue weighted by Crippen LogP contribution is 2.41. The number of amides is 1. The number of pyridine rings is 1. The lowest BCUT2D eigenvalue weighted by atomic mass is 10.1. The summed E-state index contributed by atoms with van der Waals surface area (Å²) >= 11 is 0. The number of carbonyl (C=O) groups is 1. The van der Waals surface area contributed by atoms with Gasteiger partial charge in [0.2, 0.25) is 5.88 Å². The summed E-state index contributed by atoms with van der Waals surface area (Å²) in [6.45, 7) is 1.01. The fourth-order valence-electron chi connectivity index (χ4n) is 4.45. The number of nitrogen functional groups attached to an aromatic ring is 1. The molecule has 1 aliphatic carbocycles. The Balaban J connectivity index is 1.56. The lowest BCUT2D eigenvalue weighted by Crippen LogP contribution is -2.41. The zero-order valence-corrected chi connectivity index (χ0v) is 16.1. The van der Waals surface area contributed by atoms with Gasteiger partial charge in [-0.25, -0.2) is 18.9 Å². The van der Waals surface area contributed by atoms with E-state index in [-0.39, 0.29) is 29.9 Å². The first-order valence-electron chi connectivity index (χ1n) is 10.1. The predicted molar refractivity (Wildman–Crippen MR) is 106 cm³/mol. The predicted octanol–water partition coefficient (Wildman–Crippen LogP) is 1.84. The maximum atomic E-state index is 14.1. The Morgan fingerprint density at radius 1 is 1.37 bits per heavy atom. The lowest BCUT2D eigenvalue weighted by Gasteiger charge is -2.27. The van der Waals surface area contributed by atoms with Crippen molar-refractivity contribution in [1.82, 2.24) is 24.9 Å². The Kier molecular flexibility index (Phi) is 3.51. The number of ether oxygens (including phenoxy) is 1. The van der Waals surface area contributed by atoms with E-state index in [0.29, 0.717) is 22.9 Å². The number of nitrogens with zero attached hydrogens (tertiary/aromatic N) is 5. The number of hydrogen-bond donors (Lipinski definition) is 2. The van der Waals surface area contributed by atoms with Crippen LogP contribution < -0.4 is 20.7 Å². The Hall–Kier alpha value is -3.43. The van der Waals surface area contributed by atoms with Crippen molar-refractivity contribution in [2.45, 2.75) is 37.3 Å². The first kappa shape index (κ1) is 17.4. The molecular formula is C20H20FN7O2. The van der Waals surface area contributed by atoms with Crippen LogP contribution in [0, 0.1) is 5.82 Å². The standard InChI is InChI=1S/C20H20FN7O2/c21-11-8-12-13-2-1-6-27(13)14-3-7-28-17(24-14)15(16(22)26-28)18(29)25-20(4-5-20)10-30-19(12)23-9-11/h3,7-9,13H,1-2,4-6,10H2,(H2,22,26)(H,25,29)/t13-/m1/s1. The third-order valence-corrected chi connectivity index (χ3v) is 6.19. The smallest absolute Gasteiger partial charge is 0.259 e. The van der Waals surface area contributed by atoms with E-state index in [9.17, 15) is 9.18 Å². The van der Waals surface area contributed by atoms with E-state index in [2.05, 4.69) is 20.3 Å². The molecule has 2 aliphatic heterocycles. The van der Waals surface area contributed by atoms with E-state index in [0.717, 1.165) is 38.4 Å². The number of hydrogen-bond acceptors (Lipinski definition) is 7. The number of halogens is 1. The van der Waals surface area contributed by atoms with Gasteiger partial charge in [-0.3, -0.25) is 4.79 Å². The van der Waals surface area contributed by atoms with Gasteiger partial charge in [0.25, 0.3) is 5.91 Å². The summed E-state index contributed by atoms with van der Waals surface area (Å²) in [6.07, 6.45) is 6.22. The topological polar surface area (TPSA) is 111 Å². The van der Waals surface area contributed by atoms with E-state index >= 15 is 0 Å². The molecule has 154 valence electrons. The number of nitrogens with one attached hydrogen (secondary N) is 1. The molecule has 6 rings (SSSR count). The van der Waals surface area contributed by atoms with Gasteiger partial charge < -0.3 is 20.7 Å². The average Bonchev–Trinajstić information content (AvgIpc) is 3.17. The zero-order valence-electron chi connectivity index (χ0n) is 16.1. The molecule has 1 saturated heterocycles. The molecule has 2 fully saturated rings. The Morgan fingerprint density at radius 2 is 2.23 bits per heavy atom. The van der Waals surface area contributed by atoms with Crippen molar-refractivity contribution < 1.29 is 13.9 Å². The molecule has 0 aromatic carbocycles. The zero-order chi connectivity index (χ0) is 20.5. The van der Waals surface area contributed by atoms with Crippen LogP contribution in [0.15, 0.2) is 24.5 Å². The van der Waals surface area contributed by atoms with Gasteiger partial charge >= 0.3 is 0 Å². The summed E-state index contributed by atoms with van der Waals surface area (Å²) in [4.78, 5) is 24.1. The van der Waals surface area contributed by atoms with E-state index < -0.39 is 11.4 Å². The Morgan fingerprint density at radius 3 is 3.07 bits per heavy atom. The summed E-state index contributed by atoms with van der Waals surface area (Å²) < 4.78 is 21.7. The van der Waals surface area contributed by atoms with Crippen LogP contribution in [0.25, 0.3) is 5.65 Å². The van der Waals surface area contributed by atoms with Crippen LogP contribution in [0.1, 0.15) is 47.6 Å². The van der Waals surface area contributed by atoms with Gasteiger partial charge in [0, 0.05) is 18.3 Å². The monoisotopic (exact) mass is 409 g/mol. The molecule has 3 N–H and O–H groups in total. The highest BCUT2D eigenvalue weighted by Gasteiger charge is 2.46. The van der Waals surface area contributed by atoms with Crippen LogP contribution in [0.2, 0.25) is 0 Å². The molecule has 5 heterocycles. The minimum Gasteiger partial charge on any atom is -0.475 e. The van der Waals surface area contributed by atoms with Gasteiger partial charge in [-0.1, -0.05) is 0 Å². The fraction of sp³-hybridized carbons (Fsp3) is 0.400. The summed E-state index contributed by atoms with van der Waals surface area (Å²) in [5.74, 6) is 0.481. The van der Waals surface area contributed by atoms with Crippen molar-refractivity contribution in [2.24, 2.45) is 0 Å². The van der Waals surface area contributed by atoms with Crippen molar-refractivity contribution >= 4 is 23.2 Å². The molecule has 0 unspecified atom stereocenters. The third kappa shape index (κ3) is 2.59. The molecule has 1 atom stereocenters. The summed E-state index contributed by atoms with van der Waals surface area (Å²) in [5, 5.41) is 7.28. The minimum atomic E-state index is -0.494.